The van der Waals surface area contributed by atoms with E-state index in [-0.39, 0.29) is 12.0 Å². The van der Waals surface area contributed by atoms with Crippen LogP contribution in [-0.2, 0) is 0 Å². The highest BCUT2D eigenvalue weighted by molar-refractivity contribution is 7.21. The average Bonchev–Trinajstić information content (AvgIpc) is 2.75. The summed E-state index contributed by atoms with van der Waals surface area (Å²) in [6, 6.07) is 5.36. The van der Waals surface area contributed by atoms with Gasteiger partial charge in [0.25, 0.3) is 5.91 Å². The van der Waals surface area contributed by atoms with Gasteiger partial charge in [-0.3, -0.25) is 4.79 Å². The molecule has 0 aliphatic heterocycles. The number of aliphatic hydroxyl groups excluding tert-OH is 1. The minimum Gasteiger partial charge on any atom is -0.393 e. The van der Waals surface area contributed by atoms with Crippen molar-refractivity contribution in [2.45, 2.75) is 25.9 Å². The first-order valence-electron chi connectivity index (χ1n) is 6.36. The molecule has 1 aromatic heterocycles. The molecule has 6 heteroatoms. The molecular formula is C14H15Cl2NO2S. The zero-order valence-electron chi connectivity index (χ0n) is 11.0. The molecule has 2 aromatic rings. The quantitative estimate of drug-likeness (QED) is 0.866. The third-order valence-corrected chi connectivity index (χ3v) is 4.92. The summed E-state index contributed by atoms with van der Waals surface area (Å²) in [5.41, 5.74) is 0. The predicted octanol–water partition coefficient (Wildman–Crippen LogP) is 4.10. The minimum absolute atomic E-state index is 0.212. The Hall–Kier alpha value is -0.810. The topological polar surface area (TPSA) is 49.3 Å². The number of thiophene rings is 1. The van der Waals surface area contributed by atoms with E-state index in [4.69, 9.17) is 23.2 Å². The fraction of sp³-hybridized carbons (Fsp3) is 0.357. The number of aliphatic hydroxyl groups is 1. The molecule has 0 bridgehead atoms. The number of amides is 1. The van der Waals surface area contributed by atoms with Crippen molar-refractivity contribution >= 4 is 50.5 Å². The van der Waals surface area contributed by atoms with Crippen LogP contribution in [0.1, 0.15) is 29.4 Å². The van der Waals surface area contributed by atoms with Crippen LogP contribution >= 0.6 is 34.5 Å². The first-order chi connectivity index (χ1) is 9.52. The molecule has 1 atom stereocenters. The van der Waals surface area contributed by atoms with Crippen molar-refractivity contribution < 1.29 is 9.90 Å². The van der Waals surface area contributed by atoms with Crippen LogP contribution in [0, 0.1) is 0 Å². The highest BCUT2D eigenvalue weighted by Crippen LogP contribution is 2.36. The summed E-state index contributed by atoms with van der Waals surface area (Å²) in [5, 5.41) is 14.1. The third kappa shape index (κ3) is 3.44. The van der Waals surface area contributed by atoms with E-state index in [1.165, 1.54) is 11.3 Å². The Morgan fingerprint density at radius 1 is 1.45 bits per heavy atom. The maximum Gasteiger partial charge on any atom is 0.262 e. The van der Waals surface area contributed by atoms with E-state index in [0.717, 1.165) is 10.1 Å². The number of halogens is 2. The van der Waals surface area contributed by atoms with E-state index in [9.17, 15) is 9.90 Å². The van der Waals surface area contributed by atoms with Gasteiger partial charge in [-0.15, -0.1) is 11.3 Å². The summed E-state index contributed by atoms with van der Waals surface area (Å²) in [7, 11) is 0. The van der Waals surface area contributed by atoms with Crippen LogP contribution in [0.3, 0.4) is 0 Å². The molecule has 2 rings (SSSR count). The number of benzene rings is 1. The van der Waals surface area contributed by atoms with E-state index in [2.05, 4.69) is 5.32 Å². The summed E-state index contributed by atoms with van der Waals surface area (Å²) in [6.45, 7) is 2.33. The largest absolute Gasteiger partial charge is 0.393 e. The van der Waals surface area contributed by atoms with Crippen LogP contribution in [0.5, 0.6) is 0 Å². The summed E-state index contributed by atoms with van der Waals surface area (Å²) in [6.07, 6.45) is 0.834. The summed E-state index contributed by atoms with van der Waals surface area (Å²) in [4.78, 5) is 12.6. The SMILES string of the molecule is CCC(O)CCNC(=O)c1sc2cc(Cl)ccc2c1Cl. The Bertz CT molecular complexity index is 627. The number of carbonyl (C=O) groups excluding carboxylic acids is 1. The first kappa shape index (κ1) is 15.6. The van der Waals surface area contributed by atoms with Gasteiger partial charge in [0.15, 0.2) is 0 Å². The molecule has 20 heavy (non-hydrogen) atoms. The number of carbonyl (C=O) groups is 1. The van der Waals surface area contributed by atoms with Crippen LogP contribution in [0.25, 0.3) is 10.1 Å². The van der Waals surface area contributed by atoms with Crippen molar-refractivity contribution in [3.63, 3.8) is 0 Å². The summed E-state index contributed by atoms with van der Waals surface area (Å²) in [5.74, 6) is -0.212. The molecule has 0 radical (unpaired) electrons. The molecule has 3 nitrogen and oxygen atoms in total. The Balaban J connectivity index is 2.12. The first-order valence-corrected chi connectivity index (χ1v) is 7.94. The lowest BCUT2D eigenvalue weighted by Crippen LogP contribution is -2.26. The minimum atomic E-state index is -0.382. The van der Waals surface area contributed by atoms with E-state index in [0.29, 0.717) is 34.3 Å². The highest BCUT2D eigenvalue weighted by Gasteiger charge is 2.17. The van der Waals surface area contributed by atoms with E-state index in [1.807, 2.05) is 13.0 Å². The van der Waals surface area contributed by atoms with E-state index >= 15 is 0 Å². The second-order valence-electron chi connectivity index (χ2n) is 4.49. The van der Waals surface area contributed by atoms with Crippen LogP contribution in [0.15, 0.2) is 18.2 Å². The van der Waals surface area contributed by atoms with Gasteiger partial charge >= 0.3 is 0 Å². The summed E-state index contributed by atoms with van der Waals surface area (Å²) < 4.78 is 0.890. The zero-order valence-corrected chi connectivity index (χ0v) is 13.3. The van der Waals surface area contributed by atoms with Crippen LogP contribution < -0.4 is 5.32 Å². The molecule has 1 heterocycles. The Labute approximate surface area is 131 Å². The highest BCUT2D eigenvalue weighted by atomic mass is 35.5. The number of rotatable bonds is 5. The lowest BCUT2D eigenvalue weighted by atomic mass is 10.2. The smallest absolute Gasteiger partial charge is 0.262 e. The van der Waals surface area contributed by atoms with Crippen molar-refractivity contribution in [3.05, 3.63) is 33.1 Å². The molecule has 0 aliphatic carbocycles. The van der Waals surface area contributed by atoms with E-state index < -0.39 is 0 Å². The normalized spacial score (nSPS) is 12.6. The van der Waals surface area contributed by atoms with Crippen LogP contribution in [0.4, 0.5) is 0 Å². The lowest BCUT2D eigenvalue weighted by molar-refractivity contribution is 0.0946. The molecule has 108 valence electrons. The number of fused-ring (bicyclic) bond motifs is 1. The molecule has 0 aliphatic rings. The molecule has 0 fully saturated rings. The maximum absolute atomic E-state index is 12.1. The fourth-order valence-electron chi connectivity index (χ4n) is 1.82. The predicted molar refractivity (Wildman–Crippen MR) is 85.1 cm³/mol. The average molecular weight is 332 g/mol. The molecule has 0 saturated carbocycles. The van der Waals surface area contributed by atoms with Crippen molar-refractivity contribution in [3.8, 4) is 0 Å². The Morgan fingerprint density at radius 2 is 2.20 bits per heavy atom. The van der Waals surface area contributed by atoms with Crippen molar-refractivity contribution in [1.29, 1.82) is 0 Å². The second kappa shape index (κ2) is 6.76. The maximum atomic E-state index is 12.1. The van der Waals surface area contributed by atoms with Gasteiger partial charge in [-0.05, 0) is 25.0 Å². The zero-order chi connectivity index (χ0) is 14.7. The number of hydrogen-bond acceptors (Lipinski definition) is 3. The van der Waals surface area contributed by atoms with Crippen LogP contribution in [0.2, 0.25) is 10.0 Å². The van der Waals surface area contributed by atoms with Crippen molar-refractivity contribution in [2.24, 2.45) is 0 Å². The van der Waals surface area contributed by atoms with Crippen LogP contribution in [-0.4, -0.2) is 23.7 Å². The van der Waals surface area contributed by atoms with Gasteiger partial charge in [0.1, 0.15) is 4.88 Å². The monoisotopic (exact) mass is 331 g/mol. The van der Waals surface area contributed by atoms with Gasteiger partial charge in [-0.25, -0.2) is 0 Å². The van der Waals surface area contributed by atoms with Gasteiger partial charge < -0.3 is 10.4 Å². The molecule has 2 N–H and O–H groups in total. The molecule has 0 spiro atoms. The third-order valence-electron chi connectivity index (χ3n) is 3.03. The van der Waals surface area contributed by atoms with Gasteiger partial charge in [0, 0.05) is 21.7 Å². The fourth-order valence-corrected chi connectivity index (χ4v) is 3.53. The van der Waals surface area contributed by atoms with Gasteiger partial charge in [0.2, 0.25) is 0 Å². The molecule has 1 amide bonds. The van der Waals surface area contributed by atoms with Gasteiger partial charge in [0.05, 0.1) is 11.1 Å². The molecule has 1 aromatic carbocycles. The second-order valence-corrected chi connectivity index (χ2v) is 6.36. The lowest BCUT2D eigenvalue weighted by Gasteiger charge is -2.08. The number of hydrogen-bond donors (Lipinski definition) is 2. The molecule has 1 unspecified atom stereocenters. The summed E-state index contributed by atoms with van der Waals surface area (Å²) >= 11 is 13.5. The van der Waals surface area contributed by atoms with Gasteiger partial charge in [-0.2, -0.15) is 0 Å². The standard InChI is InChI=1S/C14H15Cl2NO2S/c1-2-9(18)5-6-17-14(19)13-12(16)10-4-3-8(15)7-11(10)20-13/h3-4,7,9,18H,2,5-6H2,1H3,(H,17,19). The van der Waals surface area contributed by atoms with Crippen molar-refractivity contribution in [2.75, 3.05) is 6.54 Å². The Morgan fingerprint density at radius 3 is 2.90 bits per heavy atom. The number of nitrogens with one attached hydrogen (secondary N) is 1. The Kier molecular flexibility index (Phi) is 5.27. The molecular weight excluding hydrogens is 317 g/mol. The molecule has 0 saturated heterocycles. The van der Waals surface area contributed by atoms with Crippen molar-refractivity contribution in [1.82, 2.24) is 5.32 Å². The van der Waals surface area contributed by atoms with E-state index in [1.54, 1.807) is 12.1 Å². The van der Waals surface area contributed by atoms with Gasteiger partial charge in [-0.1, -0.05) is 36.2 Å².